The molecule has 148 valence electrons. The second-order valence-electron chi connectivity index (χ2n) is 6.36. The number of nitrogens with one attached hydrogen (secondary N) is 1. The van der Waals surface area contributed by atoms with E-state index in [9.17, 15) is 13.2 Å². The molecular formula is C16H17ClF3N3O3S. The Bertz CT molecular complexity index is 759. The molecule has 2 bridgehead atoms. The summed E-state index contributed by atoms with van der Waals surface area (Å²) in [7, 11) is 0. The first kappa shape index (κ1) is 20.0. The van der Waals surface area contributed by atoms with Gasteiger partial charge in [0.05, 0.1) is 11.7 Å². The molecule has 0 radical (unpaired) electrons. The second kappa shape index (κ2) is 8.07. The Kier molecular flexibility index (Phi) is 5.97. The lowest BCUT2D eigenvalue weighted by atomic mass is 10.1. The highest BCUT2D eigenvalue weighted by Gasteiger charge is 2.41. The van der Waals surface area contributed by atoms with Gasteiger partial charge in [0.15, 0.2) is 0 Å². The zero-order chi connectivity index (χ0) is 18.1. The molecular weight excluding hydrogens is 407 g/mol. The van der Waals surface area contributed by atoms with E-state index in [0.29, 0.717) is 29.3 Å². The van der Waals surface area contributed by atoms with E-state index >= 15 is 0 Å². The fraction of sp³-hybridized carbons (Fsp3) is 0.500. The van der Waals surface area contributed by atoms with Gasteiger partial charge in [-0.3, -0.25) is 0 Å². The maximum absolute atomic E-state index is 12.2. The lowest BCUT2D eigenvalue weighted by Crippen LogP contribution is -2.40. The Labute approximate surface area is 163 Å². The molecule has 1 saturated heterocycles. The van der Waals surface area contributed by atoms with Crippen LogP contribution in [0.3, 0.4) is 0 Å². The Morgan fingerprint density at radius 3 is 2.48 bits per heavy atom. The van der Waals surface area contributed by atoms with E-state index in [0.717, 1.165) is 31.1 Å². The van der Waals surface area contributed by atoms with Crippen molar-refractivity contribution < 1.29 is 27.4 Å². The molecule has 3 unspecified atom stereocenters. The molecule has 4 rings (SSSR count). The second-order valence-corrected chi connectivity index (χ2v) is 6.89. The predicted octanol–water partition coefficient (Wildman–Crippen LogP) is 3.57. The van der Waals surface area contributed by atoms with Crippen LogP contribution < -0.4 is 19.5 Å². The summed E-state index contributed by atoms with van der Waals surface area (Å²) < 4.78 is 60.1. The number of fused-ring (bicyclic) bond motifs is 2. The first-order valence-electron chi connectivity index (χ1n) is 8.16. The lowest BCUT2D eigenvalue weighted by Gasteiger charge is -2.22. The number of hydrogen-bond acceptors (Lipinski definition) is 7. The van der Waals surface area contributed by atoms with Crippen molar-refractivity contribution in [3.63, 3.8) is 0 Å². The Morgan fingerprint density at radius 2 is 1.85 bits per heavy atom. The van der Waals surface area contributed by atoms with Crippen LogP contribution >= 0.6 is 24.1 Å². The van der Waals surface area contributed by atoms with Gasteiger partial charge in [-0.2, -0.15) is 0 Å². The molecule has 2 aromatic rings. The minimum Gasteiger partial charge on any atom is -0.468 e. The monoisotopic (exact) mass is 423 g/mol. The van der Waals surface area contributed by atoms with Crippen LogP contribution in [0.25, 0.3) is 0 Å². The number of halogens is 4. The summed E-state index contributed by atoms with van der Waals surface area (Å²) in [6, 6.07) is 5.83. The molecule has 1 saturated carbocycles. The third-order valence-electron chi connectivity index (χ3n) is 4.50. The lowest BCUT2D eigenvalue weighted by molar-refractivity contribution is -0.274. The van der Waals surface area contributed by atoms with E-state index in [1.165, 1.54) is 24.3 Å². The van der Waals surface area contributed by atoms with Gasteiger partial charge in [-0.25, -0.2) is 0 Å². The molecule has 27 heavy (non-hydrogen) atoms. The Morgan fingerprint density at radius 1 is 1.11 bits per heavy atom. The van der Waals surface area contributed by atoms with Crippen LogP contribution in [-0.4, -0.2) is 33.8 Å². The SMILES string of the molecule is Cl.FC(F)(F)Oc1ccc(COc2nsnc2OC2CC3CNC2C3)cc1. The molecule has 1 aromatic heterocycles. The van der Waals surface area contributed by atoms with Gasteiger partial charge in [0, 0.05) is 6.04 Å². The number of benzene rings is 1. The maximum atomic E-state index is 12.2. The number of ether oxygens (including phenoxy) is 3. The first-order chi connectivity index (χ1) is 12.5. The minimum atomic E-state index is -4.70. The molecule has 6 nitrogen and oxygen atoms in total. The van der Waals surface area contributed by atoms with Crippen molar-refractivity contribution in [2.45, 2.75) is 38.0 Å². The van der Waals surface area contributed by atoms with Crippen molar-refractivity contribution in [3.05, 3.63) is 29.8 Å². The van der Waals surface area contributed by atoms with Crippen molar-refractivity contribution in [2.75, 3.05) is 6.54 Å². The van der Waals surface area contributed by atoms with Gasteiger partial charge < -0.3 is 19.5 Å². The summed E-state index contributed by atoms with van der Waals surface area (Å²) in [6.07, 6.45) is -2.52. The molecule has 0 spiro atoms. The molecule has 3 atom stereocenters. The van der Waals surface area contributed by atoms with Crippen molar-refractivity contribution in [3.8, 4) is 17.5 Å². The average Bonchev–Trinajstić information content (AvgIpc) is 3.30. The molecule has 2 heterocycles. The number of alkyl halides is 3. The van der Waals surface area contributed by atoms with E-state index in [1.54, 1.807) is 0 Å². The van der Waals surface area contributed by atoms with Crippen molar-refractivity contribution in [2.24, 2.45) is 5.92 Å². The smallest absolute Gasteiger partial charge is 0.468 e. The van der Waals surface area contributed by atoms with Gasteiger partial charge in [0.1, 0.15) is 18.5 Å². The van der Waals surface area contributed by atoms with E-state index in [-0.39, 0.29) is 30.9 Å². The first-order valence-corrected chi connectivity index (χ1v) is 8.89. The van der Waals surface area contributed by atoms with Crippen LogP contribution in [0.5, 0.6) is 17.5 Å². The normalized spacial score (nSPS) is 23.7. The third kappa shape index (κ3) is 4.94. The summed E-state index contributed by atoms with van der Waals surface area (Å²) in [4.78, 5) is 0. The highest BCUT2D eigenvalue weighted by atomic mass is 35.5. The largest absolute Gasteiger partial charge is 0.573 e. The minimum absolute atomic E-state index is 0. The standard InChI is InChI=1S/C16H16F3N3O3S.ClH/c17-16(18,19)25-11-3-1-9(2-4-11)8-23-14-15(22-26-21-14)24-13-6-10-5-12(13)20-7-10;/h1-4,10,12-13,20H,5-8H2;1H. The summed E-state index contributed by atoms with van der Waals surface area (Å²) in [5.41, 5.74) is 0.681. The van der Waals surface area contributed by atoms with E-state index in [4.69, 9.17) is 9.47 Å². The van der Waals surface area contributed by atoms with Gasteiger partial charge in [-0.1, -0.05) is 12.1 Å². The number of nitrogens with zero attached hydrogens (tertiary/aromatic N) is 2. The van der Waals surface area contributed by atoms with Gasteiger partial charge in [-0.15, -0.1) is 34.3 Å². The maximum Gasteiger partial charge on any atom is 0.573 e. The van der Waals surface area contributed by atoms with Crippen molar-refractivity contribution >= 4 is 24.1 Å². The highest BCUT2D eigenvalue weighted by Crippen LogP contribution is 2.36. The molecule has 1 N–H and O–H groups in total. The Balaban J connectivity index is 0.00000210. The van der Waals surface area contributed by atoms with E-state index in [1.807, 2.05) is 0 Å². The van der Waals surface area contributed by atoms with Crippen molar-refractivity contribution in [1.82, 2.24) is 14.1 Å². The molecule has 1 aliphatic carbocycles. The topological polar surface area (TPSA) is 65.5 Å². The average molecular weight is 424 g/mol. The number of rotatable bonds is 6. The third-order valence-corrected chi connectivity index (χ3v) is 4.99. The van der Waals surface area contributed by atoms with Gasteiger partial charge in [0.2, 0.25) is 0 Å². The number of aromatic nitrogens is 2. The quantitative estimate of drug-likeness (QED) is 0.766. The fourth-order valence-electron chi connectivity index (χ4n) is 3.34. The molecule has 11 heteroatoms. The van der Waals surface area contributed by atoms with Crippen molar-refractivity contribution in [1.29, 1.82) is 0 Å². The number of hydrogen-bond donors (Lipinski definition) is 1. The summed E-state index contributed by atoms with van der Waals surface area (Å²) in [5, 5.41) is 3.41. The van der Waals surface area contributed by atoms with E-state index < -0.39 is 6.36 Å². The fourth-order valence-corrected chi connectivity index (χ4v) is 3.79. The van der Waals surface area contributed by atoms with Crippen LogP contribution in [-0.2, 0) is 6.61 Å². The van der Waals surface area contributed by atoms with Gasteiger partial charge in [0.25, 0.3) is 11.8 Å². The van der Waals surface area contributed by atoms with E-state index in [2.05, 4.69) is 18.8 Å². The molecule has 1 aromatic carbocycles. The van der Waals surface area contributed by atoms with Crippen LogP contribution in [0, 0.1) is 5.92 Å². The zero-order valence-corrected chi connectivity index (χ0v) is 15.6. The van der Waals surface area contributed by atoms with Crippen LogP contribution in [0.4, 0.5) is 13.2 Å². The zero-order valence-electron chi connectivity index (χ0n) is 13.9. The van der Waals surface area contributed by atoms with Gasteiger partial charge >= 0.3 is 6.36 Å². The van der Waals surface area contributed by atoms with Crippen LogP contribution in [0.1, 0.15) is 18.4 Å². The highest BCUT2D eigenvalue weighted by molar-refractivity contribution is 6.99. The number of piperidine rings is 1. The summed E-state index contributed by atoms with van der Waals surface area (Å²) >= 11 is 0.998. The molecule has 0 amide bonds. The van der Waals surface area contributed by atoms with Gasteiger partial charge in [-0.05, 0) is 43.0 Å². The van der Waals surface area contributed by atoms with Crippen LogP contribution in [0.15, 0.2) is 24.3 Å². The molecule has 2 fully saturated rings. The predicted molar refractivity (Wildman–Crippen MR) is 93.5 cm³/mol. The molecule has 2 aliphatic rings. The summed E-state index contributed by atoms with van der Waals surface area (Å²) in [5.74, 6) is 1.04. The van der Waals surface area contributed by atoms with Crippen LogP contribution in [0.2, 0.25) is 0 Å². The Hall–Kier alpha value is -1.78. The molecule has 1 aliphatic heterocycles. The summed E-state index contributed by atoms with van der Waals surface area (Å²) in [6.45, 7) is 1.18.